The maximum atomic E-state index is 11.7. The maximum absolute atomic E-state index is 11.7. The molecule has 1 aliphatic rings. The number of aryl methyl sites for hydroxylation is 1. The van der Waals surface area contributed by atoms with Crippen molar-refractivity contribution >= 4 is 11.3 Å². The molecule has 0 aromatic carbocycles. The Morgan fingerprint density at radius 3 is 2.87 bits per heavy atom. The molecule has 2 rings (SSSR count). The molecule has 0 spiro atoms. The van der Waals surface area contributed by atoms with E-state index in [0.29, 0.717) is 13.0 Å². The van der Waals surface area contributed by atoms with E-state index in [9.17, 15) is 4.79 Å². The number of aromatic nitrogens is 1. The highest BCUT2D eigenvalue weighted by Gasteiger charge is 2.16. The van der Waals surface area contributed by atoms with E-state index >= 15 is 0 Å². The van der Waals surface area contributed by atoms with Crippen LogP contribution in [0.15, 0.2) is 4.79 Å². The number of thiazole rings is 1. The van der Waals surface area contributed by atoms with E-state index in [4.69, 9.17) is 5.11 Å². The van der Waals surface area contributed by atoms with Crippen LogP contribution in [0, 0.1) is 0 Å². The normalized spacial score (nSPS) is 16.1. The highest BCUT2D eigenvalue weighted by molar-refractivity contribution is 7.09. The fraction of sp³-hybridized carbons (Fsp3) is 0.727. The molecule has 0 saturated carbocycles. The van der Waals surface area contributed by atoms with Gasteiger partial charge in [0.1, 0.15) is 0 Å². The van der Waals surface area contributed by atoms with E-state index in [0.717, 1.165) is 12.8 Å². The molecule has 1 heterocycles. The smallest absolute Gasteiger partial charge is 0.307 e. The predicted molar refractivity (Wildman–Crippen MR) is 61.5 cm³/mol. The lowest BCUT2D eigenvalue weighted by Gasteiger charge is -2.06. The van der Waals surface area contributed by atoms with Gasteiger partial charge in [0.25, 0.3) is 0 Å². The first kappa shape index (κ1) is 10.9. The molecule has 4 heteroatoms. The Bertz CT molecular complexity index is 380. The number of hydrogen-bond donors (Lipinski definition) is 1. The van der Waals surface area contributed by atoms with Crippen molar-refractivity contribution < 1.29 is 5.11 Å². The van der Waals surface area contributed by atoms with Crippen LogP contribution in [0.2, 0.25) is 0 Å². The summed E-state index contributed by atoms with van der Waals surface area (Å²) in [6.07, 6.45) is 6.48. The Kier molecular flexibility index (Phi) is 3.59. The lowest BCUT2D eigenvalue weighted by molar-refractivity contribution is 0.278. The SMILES string of the molecule is O=c1sc2c(n1CCCO)CCCCC2. The fourth-order valence-electron chi connectivity index (χ4n) is 2.16. The van der Waals surface area contributed by atoms with E-state index in [-0.39, 0.29) is 11.5 Å². The summed E-state index contributed by atoms with van der Waals surface area (Å²) in [6, 6.07) is 0. The van der Waals surface area contributed by atoms with Crippen molar-refractivity contribution in [3.63, 3.8) is 0 Å². The van der Waals surface area contributed by atoms with Gasteiger partial charge in [0, 0.05) is 23.7 Å². The number of rotatable bonds is 3. The van der Waals surface area contributed by atoms with Crippen molar-refractivity contribution in [1.29, 1.82) is 0 Å². The maximum Gasteiger partial charge on any atom is 0.307 e. The van der Waals surface area contributed by atoms with Crippen LogP contribution in [0.5, 0.6) is 0 Å². The summed E-state index contributed by atoms with van der Waals surface area (Å²) in [5, 5.41) is 8.80. The summed E-state index contributed by atoms with van der Waals surface area (Å²) in [7, 11) is 0. The predicted octanol–water partition coefficient (Wildman–Crippen LogP) is 1.56. The second-order valence-electron chi connectivity index (χ2n) is 4.03. The summed E-state index contributed by atoms with van der Waals surface area (Å²) in [6.45, 7) is 0.845. The van der Waals surface area contributed by atoms with Gasteiger partial charge in [0.2, 0.25) is 0 Å². The van der Waals surface area contributed by atoms with Crippen LogP contribution < -0.4 is 4.87 Å². The lowest BCUT2D eigenvalue weighted by Crippen LogP contribution is -2.17. The molecule has 0 bridgehead atoms. The Labute approximate surface area is 93.4 Å². The van der Waals surface area contributed by atoms with Crippen LogP contribution in [0.3, 0.4) is 0 Å². The summed E-state index contributed by atoms with van der Waals surface area (Å²) < 4.78 is 1.88. The summed E-state index contributed by atoms with van der Waals surface area (Å²) in [4.78, 5) is 13.2. The number of nitrogens with zero attached hydrogens (tertiary/aromatic N) is 1. The van der Waals surface area contributed by atoms with Crippen LogP contribution in [0.25, 0.3) is 0 Å². The highest BCUT2D eigenvalue weighted by atomic mass is 32.1. The quantitative estimate of drug-likeness (QED) is 0.796. The first-order chi connectivity index (χ1) is 7.33. The zero-order valence-electron chi connectivity index (χ0n) is 8.87. The van der Waals surface area contributed by atoms with Crippen molar-refractivity contribution in [3.05, 3.63) is 20.2 Å². The van der Waals surface area contributed by atoms with Crippen molar-refractivity contribution in [2.45, 2.75) is 45.1 Å². The Hall–Kier alpha value is -0.610. The summed E-state index contributed by atoms with van der Waals surface area (Å²) in [5.41, 5.74) is 1.25. The molecule has 1 aliphatic carbocycles. The molecule has 15 heavy (non-hydrogen) atoms. The minimum absolute atomic E-state index is 0.162. The molecule has 0 fully saturated rings. The average Bonchev–Trinajstić information content (AvgIpc) is 2.41. The molecule has 0 unspecified atom stereocenters. The topological polar surface area (TPSA) is 42.2 Å². The molecule has 0 aliphatic heterocycles. The van der Waals surface area contributed by atoms with Crippen LogP contribution in [-0.2, 0) is 19.4 Å². The molecule has 0 amide bonds. The molecule has 1 aromatic rings. The minimum Gasteiger partial charge on any atom is -0.396 e. The molecule has 84 valence electrons. The van der Waals surface area contributed by atoms with Crippen molar-refractivity contribution in [3.8, 4) is 0 Å². The third-order valence-electron chi connectivity index (χ3n) is 2.94. The number of hydrogen-bond acceptors (Lipinski definition) is 3. The monoisotopic (exact) mass is 227 g/mol. The molecule has 0 atom stereocenters. The fourth-order valence-corrected chi connectivity index (χ4v) is 3.26. The molecule has 1 N–H and O–H groups in total. The first-order valence-electron chi connectivity index (χ1n) is 5.65. The Balaban J connectivity index is 2.28. The molecule has 0 saturated heterocycles. The van der Waals surface area contributed by atoms with Crippen LogP contribution in [0.4, 0.5) is 0 Å². The Morgan fingerprint density at radius 2 is 2.07 bits per heavy atom. The van der Waals surface area contributed by atoms with Gasteiger partial charge in [-0.25, -0.2) is 0 Å². The van der Waals surface area contributed by atoms with Gasteiger partial charge in [-0.05, 0) is 32.1 Å². The van der Waals surface area contributed by atoms with Gasteiger partial charge < -0.3 is 9.67 Å². The van der Waals surface area contributed by atoms with E-state index in [2.05, 4.69) is 0 Å². The van der Waals surface area contributed by atoms with E-state index in [1.165, 1.54) is 41.2 Å². The van der Waals surface area contributed by atoms with Crippen LogP contribution in [0.1, 0.15) is 36.3 Å². The highest BCUT2D eigenvalue weighted by Crippen LogP contribution is 2.22. The third-order valence-corrected chi connectivity index (χ3v) is 4.02. The second kappa shape index (κ2) is 4.94. The van der Waals surface area contributed by atoms with E-state index in [1.807, 2.05) is 4.57 Å². The van der Waals surface area contributed by atoms with Gasteiger partial charge in [-0.1, -0.05) is 17.8 Å². The second-order valence-corrected chi connectivity index (χ2v) is 5.07. The van der Waals surface area contributed by atoms with Crippen LogP contribution in [-0.4, -0.2) is 16.3 Å². The van der Waals surface area contributed by atoms with Crippen molar-refractivity contribution in [2.75, 3.05) is 6.61 Å². The van der Waals surface area contributed by atoms with Crippen LogP contribution >= 0.6 is 11.3 Å². The minimum atomic E-state index is 0.162. The molecular formula is C11H17NO2S. The molecule has 0 radical (unpaired) electrons. The van der Waals surface area contributed by atoms with Crippen molar-refractivity contribution in [1.82, 2.24) is 4.57 Å². The van der Waals surface area contributed by atoms with Gasteiger partial charge in [-0.2, -0.15) is 0 Å². The summed E-state index contributed by atoms with van der Waals surface area (Å²) in [5.74, 6) is 0. The molecule has 3 nitrogen and oxygen atoms in total. The standard InChI is InChI=1S/C11H17NO2S/c13-8-4-7-12-9-5-2-1-3-6-10(9)15-11(12)14/h13H,1-8H2. The van der Waals surface area contributed by atoms with E-state index in [1.54, 1.807) is 0 Å². The third kappa shape index (κ3) is 2.32. The van der Waals surface area contributed by atoms with Gasteiger partial charge >= 0.3 is 4.87 Å². The zero-order chi connectivity index (χ0) is 10.7. The number of fused-ring (bicyclic) bond motifs is 1. The molecular weight excluding hydrogens is 210 g/mol. The summed E-state index contributed by atoms with van der Waals surface area (Å²) >= 11 is 1.41. The zero-order valence-corrected chi connectivity index (χ0v) is 9.68. The lowest BCUT2D eigenvalue weighted by atomic mass is 10.2. The average molecular weight is 227 g/mol. The van der Waals surface area contributed by atoms with E-state index < -0.39 is 0 Å². The Morgan fingerprint density at radius 1 is 1.27 bits per heavy atom. The van der Waals surface area contributed by atoms with Gasteiger partial charge in [-0.15, -0.1) is 0 Å². The first-order valence-corrected chi connectivity index (χ1v) is 6.47. The van der Waals surface area contributed by atoms with Gasteiger partial charge in [0.05, 0.1) is 0 Å². The largest absolute Gasteiger partial charge is 0.396 e. The molecule has 1 aromatic heterocycles. The van der Waals surface area contributed by atoms with Crippen molar-refractivity contribution in [2.24, 2.45) is 0 Å². The number of aliphatic hydroxyl groups is 1. The number of aliphatic hydroxyl groups excluding tert-OH is 1. The van der Waals surface area contributed by atoms with Gasteiger partial charge in [-0.3, -0.25) is 4.79 Å². The van der Waals surface area contributed by atoms with Gasteiger partial charge in [0.15, 0.2) is 0 Å².